The Bertz CT molecular complexity index is 546. The molecule has 1 saturated heterocycles. The minimum Gasteiger partial charge on any atom is -0.464 e. The quantitative estimate of drug-likeness (QED) is 0.897. The summed E-state index contributed by atoms with van der Waals surface area (Å²) >= 11 is 1.79. The van der Waals surface area contributed by atoms with Crippen LogP contribution in [0, 0.1) is 6.92 Å². The van der Waals surface area contributed by atoms with Gasteiger partial charge in [0.2, 0.25) is 10.0 Å². The second-order valence-corrected chi connectivity index (χ2v) is 8.32. The number of aryl methyl sites for hydroxylation is 1. The van der Waals surface area contributed by atoms with Crippen LogP contribution in [-0.4, -0.2) is 43.4 Å². The van der Waals surface area contributed by atoms with Gasteiger partial charge >= 0.3 is 0 Å². The smallest absolute Gasteiger partial charge is 0.246 e. The fourth-order valence-corrected chi connectivity index (χ4v) is 4.86. The van der Waals surface area contributed by atoms with Crippen LogP contribution in [0.15, 0.2) is 15.4 Å². The van der Waals surface area contributed by atoms with E-state index in [1.54, 1.807) is 29.1 Å². The van der Waals surface area contributed by atoms with Crippen LogP contribution < -0.4 is 5.32 Å². The summed E-state index contributed by atoms with van der Waals surface area (Å²) in [5.74, 6) is 2.86. The molecule has 0 saturated carbocycles. The van der Waals surface area contributed by atoms with Crippen molar-refractivity contribution in [2.45, 2.75) is 38.3 Å². The van der Waals surface area contributed by atoms with E-state index < -0.39 is 10.0 Å². The molecule has 0 atom stereocenters. The van der Waals surface area contributed by atoms with Crippen molar-refractivity contribution in [2.75, 3.05) is 24.6 Å². The first-order valence-electron chi connectivity index (χ1n) is 6.82. The van der Waals surface area contributed by atoms with Crippen molar-refractivity contribution in [3.05, 3.63) is 17.6 Å². The van der Waals surface area contributed by atoms with Crippen molar-refractivity contribution in [3.8, 4) is 0 Å². The lowest BCUT2D eigenvalue weighted by Crippen LogP contribution is -2.37. The van der Waals surface area contributed by atoms with Gasteiger partial charge in [-0.3, -0.25) is 0 Å². The molecule has 20 heavy (non-hydrogen) atoms. The molecule has 0 aliphatic carbocycles. The van der Waals surface area contributed by atoms with Crippen molar-refractivity contribution in [2.24, 2.45) is 0 Å². The van der Waals surface area contributed by atoms with Crippen molar-refractivity contribution >= 4 is 21.8 Å². The number of nitrogens with zero attached hydrogens (tertiary/aromatic N) is 1. The van der Waals surface area contributed by atoms with E-state index in [9.17, 15) is 8.42 Å². The topological polar surface area (TPSA) is 62.6 Å². The summed E-state index contributed by atoms with van der Waals surface area (Å²) in [4.78, 5) is 0.310. The van der Waals surface area contributed by atoms with Gasteiger partial charge in [0.1, 0.15) is 16.4 Å². The van der Waals surface area contributed by atoms with Crippen molar-refractivity contribution in [1.82, 2.24) is 9.62 Å². The fourth-order valence-electron chi connectivity index (χ4n) is 2.10. The number of hydrogen-bond acceptors (Lipinski definition) is 5. The third-order valence-electron chi connectivity index (χ3n) is 3.20. The lowest BCUT2D eigenvalue weighted by atomic mass is 10.3. The Morgan fingerprint density at radius 3 is 2.65 bits per heavy atom. The van der Waals surface area contributed by atoms with Crippen LogP contribution in [-0.2, 0) is 16.6 Å². The number of hydrogen-bond donors (Lipinski definition) is 1. The molecule has 0 bridgehead atoms. The maximum absolute atomic E-state index is 12.6. The first-order valence-corrected chi connectivity index (χ1v) is 9.41. The summed E-state index contributed by atoms with van der Waals surface area (Å²) in [6.07, 6.45) is 0. The maximum atomic E-state index is 12.6. The minimum absolute atomic E-state index is 0.310. The first kappa shape index (κ1) is 15.9. The van der Waals surface area contributed by atoms with Crippen LogP contribution in [0.3, 0.4) is 0 Å². The number of nitrogens with one attached hydrogen (secondary N) is 1. The highest BCUT2D eigenvalue weighted by Gasteiger charge is 2.29. The standard InChI is InChI=1S/C13H22N2O3S2/c1-10(2)14-9-12-8-13(11(3)18-12)20(16,17)15-4-6-19-7-5-15/h8,10,14H,4-7,9H2,1-3H3. The molecule has 1 fully saturated rings. The van der Waals surface area contributed by atoms with Gasteiger partial charge in [-0.15, -0.1) is 0 Å². The predicted molar refractivity (Wildman–Crippen MR) is 81.5 cm³/mol. The number of sulfonamides is 1. The maximum Gasteiger partial charge on any atom is 0.246 e. The molecule has 1 N–H and O–H groups in total. The molecule has 5 nitrogen and oxygen atoms in total. The molecule has 0 spiro atoms. The van der Waals surface area contributed by atoms with Gasteiger partial charge in [-0.25, -0.2) is 8.42 Å². The van der Waals surface area contributed by atoms with E-state index >= 15 is 0 Å². The van der Waals surface area contributed by atoms with E-state index in [1.807, 2.05) is 13.8 Å². The molecule has 2 heterocycles. The largest absolute Gasteiger partial charge is 0.464 e. The Kier molecular flexibility index (Phi) is 5.17. The van der Waals surface area contributed by atoms with E-state index in [4.69, 9.17) is 4.42 Å². The van der Waals surface area contributed by atoms with Crippen molar-refractivity contribution < 1.29 is 12.8 Å². The third kappa shape index (κ3) is 3.58. The van der Waals surface area contributed by atoms with Crippen molar-refractivity contribution in [3.63, 3.8) is 0 Å². The van der Waals surface area contributed by atoms with E-state index in [0.29, 0.717) is 42.1 Å². The molecule has 114 valence electrons. The third-order valence-corrected chi connectivity index (χ3v) is 6.14. The van der Waals surface area contributed by atoms with Crippen LogP contribution in [0.1, 0.15) is 25.4 Å². The van der Waals surface area contributed by atoms with Gasteiger partial charge in [0.25, 0.3) is 0 Å². The zero-order valence-corrected chi connectivity index (χ0v) is 13.8. The van der Waals surface area contributed by atoms with E-state index in [-0.39, 0.29) is 0 Å². The van der Waals surface area contributed by atoms with Crippen LogP contribution in [0.5, 0.6) is 0 Å². The average molecular weight is 318 g/mol. The average Bonchev–Trinajstić information content (AvgIpc) is 2.79. The van der Waals surface area contributed by atoms with Gasteiger partial charge in [0.15, 0.2) is 0 Å². The first-order chi connectivity index (χ1) is 9.41. The predicted octanol–water partition coefficient (Wildman–Crippen LogP) is 1.82. The van der Waals surface area contributed by atoms with E-state index in [0.717, 1.165) is 11.5 Å². The lowest BCUT2D eigenvalue weighted by molar-refractivity contribution is 0.432. The Balaban J connectivity index is 2.18. The molecular formula is C13H22N2O3S2. The van der Waals surface area contributed by atoms with E-state index in [1.165, 1.54) is 0 Å². The Morgan fingerprint density at radius 1 is 1.40 bits per heavy atom. The molecule has 1 aliphatic rings. The number of furan rings is 1. The van der Waals surface area contributed by atoms with Gasteiger partial charge in [0, 0.05) is 36.7 Å². The summed E-state index contributed by atoms with van der Waals surface area (Å²) < 4.78 is 32.3. The van der Waals surface area contributed by atoms with Crippen LogP contribution in [0.4, 0.5) is 0 Å². The number of thioether (sulfide) groups is 1. The second-order valence-electron chi connectivity index (χ2n) is 5.19. The normalized spacial score (nSPS) is 17.8. The molecule has 2 rings (SSSR count). The second kappa shape index (κ2) is 6.51. The van der Waals surface area contributed by atoms with Crippen molar-refractivity contribution in [1.29, 1.82) is 0 Å². The molecule has 1 aromatic rings. The van der Waals surface area contributed by atoms with E-state index in [2.05, 4.69) is 5.32 Å². The fraction of sp³-hybridized carbons (Fsp3) is 0.692. The molecule has 0 radical (unpaired) electrons. The monoisotopic (exact) mass is 318 g/mol. The molecule has 1 aromatic heterocycles. The van der Waals surface area contributed by atoms with Gasteiger partial charge in [-0.2, -0.15) is 16.1 Å². The van der Waals surface area contributed by atoms with Gasteiger partial charge < -0.3 is 9.73 Å². The summed E-state index contributed by atoms with van der Waals surface area (Å²) in [6, 6.07) is 1.99. The molecule has 7 heteroatoms. The highest BCUT2D eigenvalue weighted by atomic mass is 32.2. The Morgan fingerprint density at radius 2 is 2.05 bits per heavy atom. The van der Waals surface area contributed by atoms with Gasteiger partial charge in [-0.05, 0) is 6.92 Å². The summed E-state index contributed by atoms with van der Waals surface area (Å²) in [5.41, 5.74) is 0. The zero-order valence-electron chi connectivity index (χ0n) is 12.2. The zero-order chi connectivity index (χ0) is 14.8. The summed E-state index contributed by atoms with van der Waals surface area (Å²) in [6.45, 7) is 7.50. The van der Waals surface area contributed by atoms with Crippen LogP contribution >= 0.6 is 11.8 Å². The SMILES string of the molecule is Cc1oc(CNC(C)C)cc1S(=O)(=O)N1CCSCC1. The summed E-state index contributed by atoms with van der Waals surface area (Å²) in [7, 11) is -3.41. The molecular weight excluding hydrogens is 296 g/mol. The summed E-state index contributed by atoms with van der Waals surface area (Å²) in [5, 5.41) is 3.23. The van der Waals surface area contributed by atoms with Crippen LogP contribution in [0.2, 0.25) is 0 Å². The molecule has 0 unspecified atom stereocenters. The van der Waals surface area contributed by atoms with Crippen LogP contribution in [0.25, 0.3) is 0 Å². The minimum atomic E-state index is -3.41. The Hall–Kier alpha value is -0.500. The number of rotatable bonds is 5. The molecule has 1 aliphatic heterocycles. The molecule has 0 amide bonds. The lowest BCUT2D eigenvalue weighted by Gasteiger charge is -2.25. The highest BCUT2D eigenvalue weighted by molar-refractivity contribution is 7.99. The Labute approximate surface area is 125 Å². The van der Waals surface area contributed by atoms with Gasteiger partial charge in [0.05, 0.1) is 6.54 Å². The molecule has 0 aromatic carbocycles. The highest BCUT2D eigenvalue weighted by Crippen LogP contribution is 2.25. The van der Waals surface area contributed by atoms with Gasteiger partial charge in [-0.1, -0.05) is 13.8 Å².